The van der Waals surface area contributed by atoms with E-state index in [1.54, 1.807) is 7.11 Å². The number of anilines is 1. The van der Waals surface area contributed by atoms with Gasteiger partial charge in [0.2, 0.25) is 0 Å². The number of rotatable bonds is 5. The molecule has 0 bridgehead atoms. The summed E-state index contributed by atoms with van der Waals surface area (Å²) in [7, 11) is 3.69. The number of likely N-dealkylation sites (N-methyl/N-ethyl adjacent to an activating group) is 1. The molecule has 0 spiro atoms. The molecule has 0 saturated carbocycles. The van der Waals surface area contributed by atoms with Gasteiger partial charge in [0.25, 0.3) is 0 Å². The van der Waals surface area contributed by atoms with E-state index in [0.717, 1.165) is 21.5 Å². The molecule has 3 nitrogen and oxygen atoms in total. The van der Waals surface area contributed by atoms with Gasteiger partial charge >= 0.3 is 0 Å². The zero-order valence-electron chi connectivity index (χ0n) is 12.0. The molecule has 112 valence electrons. The standard InChI is InChI=1S/C16H18BrClN2O/c1-20(12-4-3-5-13(9-12)21-2)16(10-19)11-6-7-15(18)14(17)8-11/h3-9,16H,10,19H2,1-2H3. The minimum atomic E-state index is 0.0608. The highest BCUT2D eigenvalue weighted by Gasteiger charge is 2.17. The number of hydrogen-bond acceptors (Lipinski definition) is 3. The van der Waals surface area contributed by atoms with Gasteiger partial charge in [-0.1, -0.05) is 23.7 Å². The second-order valence-electron chi connectivity index (χ2n) is 4.74. The summed E-state index contributed by atoms with van der Waals surface area (Å²) in [6.45, 7) is 0.502. The fourth-order valence-electron chi connectivity index (χ4n) is 2.25. The Labute approximate surface area is 138 Å². The Morgan fingerprint density at radius 3 is 2.67 bits per heavy atom. The number of benzene rings is 2. The summed E-state index contributed by atoms with van der Waals surface area (Å²) in [4.78, 5) is 2.14. The molecule has 2 N–H and O–H groups in total. The van der Waals surface area contributed by atoms with Crippen LogP contribution in [-0.2, 0) is 0 Å². The number of nitrogens with zero attached hydrogens (tertiary/aromatic N) is 1. The van der Waals surface area contributed by atoms with Gasteiger partial charge in [-0.05, 0) is 45.8 Å². The summed E-state index contributed by atoms with van der Waals surface area (Å²) in [5.41, 5.74) is 8.14. The predicted octanol–water partition coefficient (Wildman–Crippen LogP) is 4.25. The summed E-state index contributed by atoms with van der Waals surface area (Å²) in [6.07, 6.45) is 0. The van der Waals surface area contributed by atoms with Crippen LogP contribution in [0.15, 0.2) is 46.9 Å². The summed E-state index contributed by atoms with van der Waals surface area (Å²) in [5.74, 6) is 0.826. The molecule has 21 heavy (non-hydrogen) atoms. The van der Waals surface area contributed by atoms with Crippen molar-refractivity contribution in [2.24, 2.45) is 5.73 Å². The van der Waals surface area contributed by atoms with Crippen molar-refractivity contribution in [3.8, 4) is 5.75 Å². The van der Waals surface area contributed by atoms with Crippen molar-refractivity contribution in [2.45, 2.75) is 6.04 Å². The average molecular weight is 370 g/mol. The SMILES string of the molecule is COc1cccc(N(C)C(CN)c2ccc(Cl)c(Br)c2)c1. The summed E-state index contributed by atoms with van der Waals surface area (Å²) < 4.78 is 6.15. The average Bonchev–Trinajstić information content (AvgIpc) is 2.51. The van der Waals surface area contributed by atoms with Crippen molar-refractivity contribution in [3.05, 3.63) is 57.5 Å². The fraction of sp³-hybridized carbons (Fsp3) is 0.250. The van der Waals surface area contributed by atoms with Gasteiger partial charge in [-0.25, -0.2) is 0 Å². The van der Waals surface area contributed by atoms with Crippen LogP contribution in [0.3, 0.4) is 0 Å². The maximum Gasteiger partial charge on any atom is 0.120 e. The highest BCUT2D eigenvalue weighted by molar-refractivity contribution is 9.10. The Morgan fingerprint density at radius 2 is 2.05 bits per heavy atom. The van der Waals surface area contributed by atoms with Gasteiger partial charge in [0, 0.05) is 29.8 Å². The van der Waals surface area contributed by atoms with Gasteiger partial charge in [-0.3, -0.25) is 0 Å². The van der Waals surface area contributed by atoms with Gasteiger partial charge in [0.1, 0.15) is 5.75 Å². The molecule has 0 aliphatic carbocycles. The van der Waals surface area contributed by atoms with Crippen LogP contribution in [0, 0.1) is 0 Å². The summed E-state index contributed by atoms with van der Waals surface area (Å²) in [5, 5.41) is 0.693. The van der Waals surface area contributed by atoms with Crippen LogP contribution >= 0.6 is 27.5 Å². The zero-order valence-corrected chi connectivity index (χ0v) is 14.4. The zero-order chi connectivity index (χ0) is 15.4. The third-order valence-corrected chi connectivity index (χ3v) is 4.69. The fourth-order valence-corrected chi connectivity index (χ4v) is 2.76. The first-order valence-electron chi connectivity index (χ1n) is 6.58. The van der Waals surface area contributed by atoms with Gasteiger partial charge in [0.05, 0.1) is 18.2 Å². The third kappa shape index (κ3) is 3.70. The second kappa shape index (κ2) is 7.16. The smallest absolute Gasteiger partial charge is 0.120 e. The molecule has 0 amide bonds. The lowest BCUT2D eigenvalue weighted by Crippen LogP contribution is -2.30. The quantitative estimate of drug-likeness (QED) is 0.856. The molecule has 5 heteroatoms. The second-order valence-corrected chi connectivity index (χ2v) is 6.00. The van der Waals surface area contributed by atoms with Crippen molar-refractivity contribution in [1.82, 2.24) is 0 Å². The molecule has 2 rings (SSSR count). The normalized spacial score (nSPS) is 12.0. The van der Waals surface area contributed by atoms with Crippen molar-refractivity contribution < 1.29 is 4.74 Å². The number of nitrogens with two attached hydrogens (primary N) is 1. The number of hydrogen-bond donors (Lipinski definition) is 1. The highest BCUT2D eigenvalue weighted by Crippen LogP contribution is 2.31. The van der Waals surface area contributed by atoms with E-state index in [1.165, 1.54) is 0 Å². The maximum atomic E-state index is 6.06. The van der Waals surface area contributed by atoms with E-state index < -0.39 is 0 Å². The summed E-state index contributed by atoms with van der Waals surface area (Å²) >= 11 is 9.52. The minimum Gasteiger partial charge on any atom is -0.497 e. The first kappa shape index (κ1) is 16.1. The molecule has 0 fully saturated rings. The maximum absolute atomic E-state index is 6.06. The lowest BCUT2D eigenvalue weighted by Gasteiger charge is -2.30. The van der Waals surface area contributed by atoms with Crippen LogP contribution in [0.25, 0.3) is 0 Å². The Bertz CT molecular complexity index is 621. The Balaban J connectivity index is 2.32. The van der Waals surface area contributed by atoms with E-state index in [0.29, 0.717) is 11.6 Å². The van der Waals surface area contributed by atoms with Gasteiger partial charge < -0.3 is 15.4 Å². The lowest BCUT2D eigenvalue weighted by atomic mass is 10.1. The molecular formula is C16H18BrClN2O. The number of ether oxygens (including phenoxy) is 1. The highest BCUT2D eigenvalue weighted by atomic mass is 79.9. The largest absolute Gasteiger partial charge is 0.497 e. The molecule has 0 aliphatic heterocycles. The van der Waals surface area contributed by atoms with Gasteiger partial charge in [-0.2, -0.15) is 0 Å². The summed E-state index contributed by atoms with van der Waals surface area (Å²) in [6, 6.07) is 13.9. The molecule has 0 radical (unpaired) electrons. The minimum absolute atomic E-state index is 0.0608. The third-order valence-electron chi connectivity index (χ3n) is 3.48. The van der Waals surface area contributed by atoms with Crippen LogP contribution in [0.4, 0.5) is 5.69 Å². The van der Waals surface area contributed by atoms with Crippen LogP contribution in [0.5, 0.6) is 5.75 Å². The molecule has 0 heterocycles. The van der Waals surface area contributed by atoms with Crippen LogP contribution in [0.2, 0.25) is 5.02 Å². The first-order valence-corrected chi connectivity index (χ1v) is 7.75. The Morgan fingerprint density at radius 1 is 1.29 bits per heavy atom. The van der Waals surface area contributed by atoms with Crippen LogP contribution in [0.1, 0.15) is 11.6 Å². The molecular weight excluding hydrogens is 352 g/mol. The molecule has 0 aliphatic rings. The monoisotopic (exact) mass is 368 g/mol. The van der Waals surface area contributed by atoms with Crippen LogP contribution in [-0.4, -0.2) is 20.7 Å². The number of methoxy groups -OCH3 is 1. The molecule has 1 unspecified atom stereocenters. The van der Waals surface area contributed by atoms with E-state index in [-0.39, 0.29) is 6.04 Å². The Hall–Kier alpha value is -1.23. The Kier molecular flexibility index (Phi) is 5.51. The number of halogens is 2. The van der Waals surface area contributed by atoms with Crippen molar-refractivity contribution >= 4 is 33.2 Å². The van der Waals surface area contributed by atoms with Gasteiger partial charge in [0.15, 0.2) is 0 Å². The lowest BCUT2D eigenvalue weighted by molar-refractivity contribution is 0.414. The van der Waals surface area contributed by atoms with Crippen molar-refractivity contribution in [3.63, 3.8) is 0 Å². The topological polar surface area (TPSA) is 38.5 Å². The van der Waals surface area contributed by atoms with Gasteiger partial charge in [-0.15, -0.1) is 0 Å². The molecule has 2 aromatic carbocycles. The predicted molar refractivity (Wildman–Crippen MR) is 92.3 cm³/mol. The first-order chi connectivity index (χ1) is 10.1. The molecule has 2 aromatic rings. The van der Waals surface area contributed by atoms with E-state index in [4.69, 9.17) is 22.1 Å². The van der Waals surface area contributed by atoms with E-state index >= 15 is 0 Å². The molecule has 0 aromatic heterocycles. The van der Waals surface area contributed by atoms with Crippen molar-refractivity contribution in [1.29, 1.82) is 0 Å². The van der Waals surface area contributed by atoms with E-state index in [1.807, 2.05) is 49.5 Å². The van der Waals surface area contributed by atoms with E-state index in [9.17, 15) is 0 Å². The van der Waals surface area contributed by atoms with E-state index in [2.05, 4.69) is 20.8 Å². The van der Waals surface area contributed by atoms with Crippen LogP contribution < -0.4 is 15.4 Å². The van der Waals surface area contributed by atoms with Crippen molar-refractivity contribution in [2.75, 3.05) is 25.6 Å². The molecule has 0 saturated heterocycles. The molecule has 1 atom stereocenters.